The van der Waals surface area contributed by atoms with Gasteiger partial charge in [0, 0.05) is 22.5 Å². The maximum Gasteiger partial charge on any atom is 0.177 e. The number of fused-ring (bicyclic) bond motifs is 18. The number of para-hydroxylation sites is 4. The summed E-state index contributed by atoms with van der Waals surface area (Å²) in [6.07, 6.45) is 0. The normalized spacial score (nSPS) is 14.1. The number of aromatic nitrogens is 2. The van der Waals surface area contributed by atoms with Crippen LogP contribution in [0.3, 0.4) is 0 Å². The Hall–Kier alpha value is -10.1. The van der Waals surface area contributed by atoms with Crippen LogP contribution in [0, 0.1) is 22.7 Å². The maximum absolute atomic E-state index is 10.3. The van der Waals surface area contributed by atoms with Crippen LogP contribution in [0.25, 0.3) is 44.8 Å². The summed E-state index contributed by atoms with van der Waals surface area (Å²) in [4.78, 5) is 14.5. The van der Waals surface area contributed by atoms with Crippen LogP contribution in [0.5, 0.6) is 0 Å². The monoisotopic (exact) mass is 940 g/mol. The minimum absolute atomic E-state index is 0.0150. The second-order valence-electron chi connectivity index (χ2n) is 19.4. The molecular formula is C68H40N6. The van der Waals surface area contributed by atoms with Crippen molar-refractivity contribution in [3.8, 4) is 56.9 Å². The van der Waals surface area contributed by atoms with Crippen LogP contribution in [0.15, 0.2) is 243 Å². The van der Waals surface area contributed by atoms with Crippen molar-refractivity contribution >= 4 is 34.1 Å². The van der Waals surface area contributed by atoms with Crippen LogP contribution >= 0.6 is 0 Å². The zero-order valence-corrected chi connectivity index (χ0v) is 39.8. The van der Waals surface area contributed by atoms with Crippen molar-refractivity contribution in [1.29, 1.82) is 10.5 Å². The molecule has 4 aliphatic rings. The number of hydrogen-bond donors (Lipinski definition) is 0. The summed E-state index contributed by atoms with van der Waals surface area (Å²) in [6.45, 7) is 0. The average molecular weight is 941 g/mol. The summed E-state index contributed by atoms with van der Waals surface area (Å²) in [5.74, 6) is 0. The van der Waals surface area contributed by atoms with Gasteiger partial charge >= 0.3 is 0 Å². The molecule has 6 nitrogen and oxygen atoms in total. The van der Waals surface area contributed by atoms with E-state index in [-0.39, 0.29) is 11.4 Å². The third-order valence-electron chi connectivity index (χ3n) is 16.0. The SMILES string of the molecule is N#Cc1nc(-c2ccc(N3c4ccccc4C4(c5ccccc5-c5ccccc54)c4ccccc43)cc2)c(-c2ccc(N3c4ccccc4C4(c5ccccc5-c5ccccc54)c4ccccc43)cc2)nc1C#N. The number of rotatable bonds is 4. The smallest absolute Gasteiger partial charge is 0.177 e. The highest BCUT2D eigenvalue weighted by Crippen LogP contribution is 2.65. The van der Waals surface area contributed by atoms with Gasteiger partial charge in [-0.15, -0.1) is 0 Å². The van der Waals surface area contributed by atoms with Crippen molar-refractivity contribution in [3.63, 3.8) is 0 Å². The van der Waals surface area contributed by atoms with Crippen LogP contribution in [0.4, 0.5) is 34.1 Å². The van der Waals surface area contributed by atoms with E-state index in [1.54, 1.807) is 0 Å². The van der Waals surface area contributed by atoms with Crippen LogP contribution < -0.4 is 9.80 Å². The highest BCUT2D eigenvalue weighted by atomic mass is 15.2. The van der Waals surface area contributed by atoms with E-state index in [2.05, 4.69) is 265 Å². The molecule has 10 aromatic carbocycles. The highest BCUT2D eigenvalue weighted by Gasteiger charge is 2.53. The van der Waals surface area contributed by atoms with E-state index < -0.39 is 10.8 Å². The van der Waals surface area contributed by atoms with Gasteiger partial charge in [0.05, 0.1) is 45.0 Å². The largest absolute Gasteiger partial charge is 0.310 e. The first-order valence-electron chi connectivity index (χ1n) is 24.9. The van der Waals surface area contributed by atoms with Crippen molar-refractivity contribution < 1.29 is 0 Å². The second kappa shape index (κ2) is 15.7. The van der Waals surface area contributed by atoms with Crippen molar-refractivity contribution in [2.24, 2.45) is 0 Å². The number of nitriles is 2. The van der Waals surface area contributed by atoms with Gasteiger partial charge in [0.2, 0.25) is 0 Å². The molecule has 0 radical (unpaired) electrons. The highest BCUT2D eigenvalue weighted by molar-refractivity contribution is 5.98. The Morgan fingerprint density at radius 3 is 0.797 bits per heavy atom. The summed E-state index contributed by atoms with van der Waals surface area (Å²) in [7, 11) is 0. The van der Waals surface area contributed by atoms with Gasteiger partial charge in [-0.2, -0.15) is 10.5 Å². The van der Waals surface area contributed by atoms with Gasteiger partial charge in [0.1, 0.15) is 12.1 Å². The summed E-state index contributed by atoms with van der Waals surface area (Å²) in [5, 5.41) is 20.6. The van der Waals surface area contributed by atoms with Crippen LogP contribution in [0.1, 0.15) is 55.9 Å². The molecule has 0 unspecified atom stereocenters. The van der Waals surface area contributed by atoms with E-state index >= 15 is 0 Å². The quantitative estimate of drug-likeness (QED) is 0.175. The zero-order valence-electron chi connectivity index (χ0n) is 39.8. The van der Waals surface area contributed by atoms with E-state index in [0.717, 1.165) is 45.3 Å². The van der Waals surface area contributed by atoms with Gasteiger partial charge in [0.15, 0.2) is 11.4 Å². The van der Waals surface area contributed by atoms with E-state index in [9.17, 15) is 10.5 Å². The fourth-order valence-electron chi connectivity index (χ4n) is 13.2. The predicted molar refractivity (Wildman–Crippen MR) is 293 cm³/mol. The Balaban J connectivity index is 0.837. The zero-order chi connectivity index (χ0) is 49.1. The lowest BCUT2D eigenvalue weighted by Crippen LogP contribution is -2.36. The summed E-state index contributed by atoms with van der Waals surface area (Å²) in [6, 6.07) is 91.5. The van der Waals surface area contributed by atoms with Gasteiger partial charge in [-0.05, 0) is 115 Å². The summed E-state index contributed by atoms with van der Waals surface area (Å²) < 4.78 is 0. The molecule has 0 bridgehead atoms. The lowest BCUT2D eigenvalue weighted by Gasteiger charge is -2.45. The minimum Gasteiger partial charge on any atom is -0.310 e. The molecule has 2 spiro atoms. The summed E-state index contributed by atoms with van der Waals surface area (Å²) in [5.41, 5.74) is 22.9. The fourth-order valence-corrected chi connectivity index (χ4v) is 13.2. The molecule has 0 saturated heterocycles. The molecule has 2 aliphatic heterocycles. The third kappa shape index (κ3) is 5.41. The standard InChI is InChI=1S/C68H40N6/c69-41-59-60(42-70)72-66(44-35-39-46(40-36-44)74-63-31-15-11-27-57(63)68(58-28-12-16-32-64(58)74)53-23-7-3-19-49(53)50-20-4-8-24-54(50)68)65(71-59)43-33-37-45(38-34-43)73-61-29-13-9-25-55(61)67(56-26-10-14-30-62(56)73)51-21-5-1-17-47(51)48-18-2-6-22-52(48)67/h1-40H. The minimum atomic E-state index is -0.510. The maximum atomic E-state index is 10.3. The Bertz CT molecular complexity index is 3790. The number of hydrogen-bond acceptors (Lipinski definition) is 6. The average Bonchev–Trinajstić information content (AvgIpc) is 3.95. The van der Waals surface area contributed by atoms with E-state index in [1.165, 1.54) is 66.8 Å². The number of benzene rings is 10. The van der Waals surface area contributed by atoms with Crippen LogP contribution in [0.2, 0.25) is 0 Å². The van der Waals surface area contributed by atoms with E-state index in [1.807, 2.05) is 0 Å². The molecule has 0 fully saturated rings. The van der Waals surface area contributed by atoms with Gasteiger partial charge in [0.25, 0.3) is 0 Å². The molecular weight excluding hydrogens is 901 g/mol. The third-order valence-corrected chi connectivity index (χ3v) is 16.0. The predicted octanol–water partition coefficient (Wildman–Crippen LogP) is 15.8. The molecule has 2 aliphatic carbocycles. The lowest BCUT2D eigenvalue weighted by atomic mass is 9.64. The Morgan fingerprint density at radius 1 is 0.284 bits per heavy atom. The molecule has 1 aromatic heterocycles. The summed E-state index contributed by atoms with van der Waals surface area (Å²) >= 11 is 0. The molecule has 6 heteroatoms. The Kier molecular flexibility index (Phi) is 8.82. The van der Waals surface area contributed by atoms with Crippen molar-refractivity contribution in [2.45, 2.75) is 10.8 Å². The second-order valence-corrected chi connectivity index (χ2v) is 19.4. The van der Waals surface area contributed by atoms with Crippen molar-refractivity contribution in [2.75, 3.05) is 9.80 Å². The first-order chi connectivity index (χ1) is 36.6. The first-order valence-corrected chi connectivity index (χ1v) is 24.9. The van der Waals surface area contributed by atoms with Crippen LogP contribution in [-0.2, 0) is 10.8 Å². The molecule has 3 heterocycles. The van der Waals surface area contributed by atoms with E-state index in [4.69, 9.17) is 9.97 Å². The van der Waals surface area contributed by atoms with Gasteiger partial charge in [-0.1, -0.05) is 194 Å². The molecule has 342 valence electrons. The fraction of sp³-hybridized carbons (Fsp3) is 0.0294. The molecule has 0 amide bonds. The van der Waals surface area contributed by atoms with Crippen molar-refractivity contribution in [3.05, 3.63) is 299 Å². The Morgan fingerprint density at radius 2 is 0.527 bits per heavy atom. The number of nitrogens with zero attached hydrogens (tertiary/aromatic N) is 6. The molecule has 0 atom stereocenters. The Labute approximate surface area is 428 Å². The first kappa shape index (κ1) is 41.6. The van der Waals surface area contributed by atoms with Crippen molar-refractivity contribution in [1.82, 2.24) is 9.97 Å². The van der Waals surface area contributed by atoms with Crippen LogP contribution in [-0.4, -0.2) is 9.97 Å². The van der Waals surface area contributed by atoms with Gasteiger partial charge in [-0.3, -0.25) is 0 Å². The van der Waals surface area contributed by atoms with E-state index in [0.29, 0.717) is 11.4 Å². The van der Waals surface area contributed by atoms with Gasteiger partial charge < -0.3 is 9.80 Å². The molecule has 11 aromatic rings. The lowest BCUT2D eigenvalue weighted by molar-refractivity contribution is 0.752. The molecule has 0 saturated carbocycles. The molecule has 0 N–H and O–H groups in total. The number of anilines is 6. The molecule has 74 heavy (non-hydrogen) atoms. The topological polar surface area (TPSA) is 79.8 Å². The van der Waals surface area contributed by atoms with Gasteiger partial charge in [-0.25, -0.2) is 9.97 Å². The molecule has 15 rings (SSSR count).